The van der Waals surface area contributed by atoms with E-state index in [2.05, 4.69) is 15.1 Å². The number of alkyl halides is 3. The zero-order chi connectivity index (χ0) is 15.9. The molecule has 22 heavy (non-hydrogen) atoms. The highest BCUT2D eigenvalue weighted by Crippen LogP contribution is 2.27. The van der Waals surface area contributed by atoms with Gasteiger partial charge in [0.25, 0.3) is 0 Å². The molecule has 0 radical (unpaired) electrons. The van der Waals surface area contributed by atoms with Crippen LogP contribution in [0, 0.1) is 0 Å². The third kappa shape index (κ3) is 2.82. The van der Waals surface area contributed by atoms with Crippen molar-refractivity contribution in [3.05, 3.63) is 18.5 Å². The minimum Gasteiger partial charge on any atom is -0.368 e. The van der Waals surface area contributed by atoms with Crippen molar-refractivity contribution >= 4 is 11.8 Å². The van der Waals surface area contributed by atoms with Gasteiger partial charge in [0, 0.05) is 37.0 Å². The van der Waals surface area contributed by atoms with E-state index in [0.29, 0.717) is 18.1 Å². The Hall–Kier alpha value is -2.36. The Morgan fingerprint density at radius 1 is 1.27 bits per heavy atom. The first-order chi connectivity index (χ1) is 10.3. The van der Waals surface area contributed by atoms with E-state index in [4.69, 9.17) is 11.5 Å². The maximum atomic E-state index is 12.6. The summed E-state index contributed by atoms with van der Waals surface area (Å²) in [4.78, 5) is 10.0. The van der Waals surface area contributed by atoms with Gasteiger partial charge in [-0.3, -0.25) is 0 Å². The van der Waals surface area contributed by atoms with E-state index in [1.807, 2.05) is 4.90 Å². The largest absolute Gasteiger partial charge is 0.504 e. The van der Waals surface area contributed by atoms with Crippen molar-refractivity contribution in [1.29, 1.82) is 0 Å². The summed E-state index contributed by atoms with van der Waals surface area (Å²) >= 11 is 0. The van der Waals surface area contributed by atoms with Crippen LogP contribution in [0.3, 0.4) is 0 Å². The molecule has 1 aliphatic rings. The summed E-state index contributed by atoms with van der Waals surface area (Å²) in [6, 6.07) is 1.64. The number of hydrogen-bond donors (Lipinski definition) is 2. The molecule has 0 amide bonds. The molecule has 0 spiro atoms. The molecule has 0 aromatic carbocycles. The van der Waals surface area contributed by atoms with Gasteiger partial charge >= 0.3 is 6.30 Å². The van der Waals surface area contributed by atoms with Crippen LogP contribution in [0.15, 0.2) is 18.5 Å². The lowest BCUT2D eigenvalue weighted by molar-refractivity contribution is -0.212. The first-order valence-corrected chi connectivity index (χ1v) is 6.60. The fourth-order valence-corrected chi connectivity index (χ4v) is 2.35. The van der Waals surface area contributed by atoms with E-state index in [-0.39, 0.29) is 22.2 Å². The van der Waals surface area contributed by atoms with Crippen molar-refractivity contribution in [3.8, 4) is 11.3 Å². The first kappa shape index (κ1) is 14.6. The van der Waals surface area contributed by atoms with E-state index in [9.17, 15) is 13.2 Å². The molecule has 3 heterocycles. The van der Waals surface area contributed by atoms with Crippen LogP contribution in [0.1, 0.15) is 6.42 Å². The molecule has 1 fully saturated rings. The quantitative estimate of drug-likeness (QED) is 0.856. The predicted molar refractivity (Wildman–Crippen MR) is 73.8 cm³/mol. The molecule has 0 aliphatic carbocycles. The molecule has 1 saturated heterocycles. The molecule has 7 nitrogen and oxygen atoms in total. The van der Waals surface area contributed by atoms with Crippen molar-refractivity contribution in [2.24, 2.45) is 5.73 Å². The highest BCUT2D eigenvalue weighted by Gasteiger charge is 2.32. The Morgan fingerprint density at radius 3 is 2.64 bits per heavy atom. The number of nitrogens with two attached hydrogens (primary N) is 2. The number of nitrogens with zero attached hydrogens (tertiary/aromatic N) is 5. The van der Waals surface area contributed by atoms with Gasteiger partial charge in [-0.1, -0.05) is 0 Å². The molecule has 0 unspecified atom stereocenters. The molecule has 10 heteroatoms. The van der Waals surface area contributed by atoms with Crippen LogP contribution in [0.4, 0.5) is 24.9 Å². The molecule has 4 N–H and O–H groups in total. The van der Waals surface area contributed by atoms with E-state index in [1.165, 1.54) is 0 Å². The summed E-state index contributed by atoms with van der Waals surface area (Å²) < 4.78 is 37.7. The van der Waals surface area contributed by atoms with Gasteiger partial charge in [-0.25, -0.2) is 4.98 Å². The molecule has 1 atom stereocenters. The third-order valence-corrected chi connectivity index (χ3v) is 3.42. The van der Waals surface area contributed by atoms with E-state index in [0.717, 1.165) is 25.4 Å². The molecule has 2 aromatic rings. The van der Waals surface area contributed by atoms with E-state index in [1.54, 1.807) is 6.07 Å². The Morgan fingerprint density at radius 2 is 2.05 bits per heavy atom. The van der Waals surface area contributed by atoms with Crippen molar-refractivity contribution in [2.75, 3.05) is 23.7 Å². The SMILES string of the molecule is Nc1nc(-c2cnn(C(F)(F)F)c2)cc(N2CC[C@@H](N)C2)n1. The smallest absolute Gasteiger partial charge is 0.368 e. The van der Waals surface area contributed by atoms with Gasteiger partial charge < -0.3 is 16.4 Å². The molecule has 0 saturated carbocycles. The number of anilines is 2. The average Bonchev–Trinajstić information content (AvgIpc) is 3.05. The minimum atomic E-state index is -4.57. The molecule has 118 valence electrons. The third-order valence-electron chi connectivity index (χ3n) is 3.42. The number of aromatic nitrogens is 4. The standard InChI is InChI=1S/C12H14F3N7/c13-12(14,15)22-5-7(4-18-22)9-3-10(20-11(17)19-9)21-2-1-8(16)6-21/h3-5,8H,1-2,6,16H2,(H2,17,19,20)/t8-/m1/s1. The lowest BCUT2D eigenvalue weighted by Gasteiger charge is -2.17. The molecule has 2 aromatic heterocycles. The van der Waals surface area contributed by atoms with Crippen LogP contribution < -0.4 is 16.4 Å². The summed E-state index contributed by atoms with van der Waals surface area (Å²) in [5, 5.41) is 3.29. The van der Waals surface area contributed by atoms with Gasteiger partial charge in [0.1, 0.15) is 5.82 Å². The monoisotopic (exact) mass is 313 g/mol. The Kier molecular flexibility index (Phi) is 3.39. The maximum Gasteiger partial charge on any atom is 0.504 e. The Bertz CT molecular complexity index is 682. The van der Waals surface area contributed by atoms with Crippen LogP contribution in [0.5, 0.6) is 0 Å². The summed E-state index contributed by atoms with van der Waals surface area (Å²) in [5.41, 5.74) is 12.0. The molecular formula is C12H14F3N7. The molecule has 0 bridgehead atoms. The van der Waals surface area contributed by atoms with Crippen molar-refractivity contribution in [3.63, 3.8) is 0 Å². The van der Waals surface area contributed by atoms with Crippen molar-refractivity contribution < 1.29 is 13.2 Å². The zero-order valence-electron chi connectivity index (χ0n) is 11.5. The van der Waals surface area contributed by atoms with Crippen LogP contribution in [-0.2, 0) is 6.30 Å². The van der Waals surface area contributed by atoms with Gasteiger partial charge in [0.05, 0.1) is 11.9 Å². The normalized spacial score (nSPS) is 18.9. The Balaban J connectivity index is 1.94. The first-order valence-electron chi connectivity index (χ1n) is 6.60. The van der Waals surface area contributed by atoms with E-state index < -0.39 is 6.30 Å². The highest BCUT2D eigenvalue weighted by molar-refractivity contribution is 5.63. The fraction of sp³-hybridized carbons (Fsp3) is 0.417. The fourth-order valence-electron chi connectivity index (χ4n) is 2.35. The van der Waals surface area contributed by atoms with Crippen molar-refractivity contribution in [1.82, 2.24) is 19.7 Å². The molecule has 1 aliphatic heterocycles. The van der Waals surface area contributed by atoms with Gasteiger partial charge in [0.15, 0.2) is 0 Å². The molecular weight excluding hydrogens is 299 g/mol. The maximum absolute atomic E-state index is 12.6. The summed E-state index contributed by atoms with van der Waals surface area (Å²) in [5.74, 6) is 0.544. The van der Waals surface area contributed by atoms with Gasteiger partial charge in [-0.05, 0) is 6.42 Å². The topological polar surface area (TPSA) is 98.9 Å². The highest BCUT2D eigenvalue weighted by atomic mass is 19.4. The van der Waals surface area contributed by atoms with Gasteiger partial charge in [-0.2, -0.15) is 14.8 Å². The van der Waals surface area contributed by atoms with Gasteiger partial charge in [0.2, 0.25) is 5.95 Å². The second-order valence-electron chi connectivity index (χ2n) is 5.11. The van der Waals surface area contributed by atoms with Crippen LogP contribution >= 0.6 is 0 Å². The number of nitrogen functional groups attached to an aromatic ring is 1. The summed E-state index contributed by atoms with van der Waals surface area (Å²) in [6.45, 7) is 1.34. The van der Waals surface area contributed by atoms with E-state index >= 15 is 0 Å². The predicted octanol–water partition coefficient (Wildman–Crippen LogP) is 0.936. The van der Waals surface area contributed by atoms with Gasteiger partial charge in [-0.15, -0.1) is 13.2 Å². The van der Waals surface area contributed by atoms with Crippen LogP contribution in [-0.4, -0.2) is 38.9 Å². The lowest BCUT2D eigenvalue weighted by Crippen LogP contribution is -2.27. The Labute approximate surface area is 123 Å². The second-order valence-corrected chi connectivity index (χ2v) is 5.11. The number of hydrogen-bond acceptors (Lipinski definition) is 6. The number of halogens is 3. The van der Waals surface area contributed by atoms with Crippen LogP contribution in [0.2, 0.25) is 0 Å². The van der Waals surface area contributed by atoms with Crippen LogP contribution in [0.25, 0.3) is 11.3 Å². The number of rotatable bonds is 2. The summed E-state index contributed by atoms with van der Waals surface area (Å²) in [7, 11) is 0. The average molecular weight is 313 g/mol. The minimum absolute atomic E-state index is 0.00673. The lowest BCUT2D eigenvalue weighted by atomic mass is 10.2. The summed E-state index contributed by atoms with van der Waals surface area (Å²) in [6.07, 6.45) is -1.79. The van der Waals surface area contributed by atoms with Crippen molar-refractivity contribution in [2.45, 2.75) is 18.8 Å². The second kappa shape index (κ2) is 5.13. The zero-order valence-corrected chi connectivity index (χ0v) is 11.5. The molecule has 3 rings (SSSR count).